The summed E-state index contributed by atoms with van der Waals surface area (Å²) in [5.74, 6) is -3.23. The highest BCUT2D eigenvalue weighted by atomic mass is 16.5. The van der Waals surface area contributed by atoms with Crippen molar-refractivity contribution in [3.05, 3.63) is 42.2 Å². The van der Waals surface area contributed by atoms with Crippen LogP contribution in [-0.4, -0.2) is 29.1 Å². The fourth-order valence-corrected chi connectivity index (χ4v) is 2.71. The Kier molecular flexibility index (Phi) is 3.23. The van der Waals surface area contributed by atoms with Gasteiger partial charge in [-0.05, 0) is 11.6 Å². The molecule has 0 spiro atoms. The third kappa shape index (κ3) is 2.18. The Morgan fingerprint density at radius 1 is 1.30 bits per heavy atom. The number of aliphatic carboxylic acids is 1. The van der Waals surface area contributed by atoms with Gasteiger partial charge in [0.15, 0.2) is 0 Å². The molecule has 3 rings (SSSR count). The summed E-state index contributed by atoms with van der Waals surface area (Å²) >= 11 is 0. The van der Waals surface area contributed by atoms with E-state index in [-0.39, 0.29) is 5.91 Å². The van der Waals surface area contributed by atoms with Gasteiger partial charge in [-0.1, -0.05) is 18.2 Å². The summed E-state index contributed by atoms with van der Waals surface area (Å²) in [4.78, 5) is 27.3. The number of ether oxygens (including phenoxy) is 1. The average molecular weight is 273 g/mol. The number of carboxylic acids is 1. The first kappa shape index (κ1) is 12.8. The molecular weight excluding hydrogens is 260 g/mol. The standard InChI is InChI=1S/C14H14N2O4/c17-13(16-7-8-2-1-5-15-6-8)11-9-3-4-10(20-9)12(11)14(18)19/h1-6,9-12H,7H2,(H,16,17)(H,18,19)/p-1/t9-,10+,11+,12-/m0/s1. The highest BCUT2D eigenvalue weighted by Gasteiger charge is 2.50. The first-order valence-electron chi connectivity index (χ1n) is 6.38. The van der Waals surface area contributed by atoms with E-state index in [4.69, 9.17) is 4.74 Å². The highest BCUT2D eigenvalue weighted by Crippen LogP contribution is 2.38. The number of hydrogen-bond acceptors (Lipinski definition) is 5. The van der Waals surface area contributed by atoms with Crippen LogP contribution in [0.5, 0.6) is 0 Å². The van der Waals surface area contributed by atoms with Crippen molar-refractivity contribution >= 4 is 11.9 Å². The van der Waals surface area contributed by atoms with E-state index in [1.807, 2.05) is 6.07 Å². The van der Waals surface area contributed by atoms with Gasteiger partial charge >= 0.3 is 0 Å². The summed E-state index contributed by atoms with van der Waals surface area (Å²) in [7, 11) is 0. The van der Waals surface area contributed by atoms with Gasteiger partial charge in [-0.25, -0.2) is 0 Å². The molecular formula is C14H13N2O4-. The zero-order chi connectivity index (χ0) is 14.1. The molecule has 1 saturated heterocycles. The van der Waals surface area contributed by atoms with Crippen LogP contribution in [0.25, 0.3) is 0 Å². The number of hydrogen-bond donors (Lipinski definition) is 1. The van der Waals surface area contributed by atoms with Crippen LogP contribution in [0, 0.1) is 11.8 Å². The van der Waals surface area contributed by atoms with E-state index in [2.05, 4.69) is 10.3 Å². The molecule has 1 amide bonds. The predicted octanol–water partition coefficient (Wildman–Crippen LogP) is -0.983. The van der Waals surface area contributed by atoms with Crippen LogP contribution < -0.4 is 10.4 Å². The van der Waals surface area contributed by atoms with E-state index in [0.717, 1.165) is 5.56 Å². The Bertz CT molecular complexity index is 558. The third-order valence-corrected chi connectivity index (χ3v) is 3.66. The van der Waals surface area contributed by atoms with Crippen molar-refractivity contribution in [1.82, 2.24) is 10.3 Å². The first-order chi connectivity index (χ1) is 9.66. The van der Waals surface area contributed by atoms with Crippen molar-refractivity contribution in [2.24, 2.45) is 11.8 Å². The molecule has 20 heavy (non-hydrogen) atoms. The molecule has 6 heteroatoms. The summed E-state index contributed by atoms with van der Waals surface area (Å²) in [6.45, 7) is 0.310. The van der Waals surface area contributed by atoms with Gasteiger partial charge in [0.05, 0.1) is 18.1 Å². The summed E-state index contributed by atoms with van der Waals surface area (Å²) in [6, 6.07) is 3.61. The average Bonchev–Trinajstić information content (AvgIpc) is 3.06. The Hall–Kier alpha value is -2.21. The molecule has 0 aromatic carbocycles. The van der Waals surface area contributed by atoms with Crippen LogP contribution in [0.4, 0.5) is 0 Å². The van der Waals surface area contributed by atoms with Gasteiger partial charge in [0, 0.05) is 30.8 Å². The number of nitrogens with zero attached hydrogens (tertiary/aromatic N) is 1. The van der Waals surface area contributed by atoms with Gasteiger partial charge in [-0.3, -0.25) is 9.78 Å². The molecule has 1 aromatic rings. The van der Waals surface area contributed by atoms with Crippen LogP contribution in [0.3, 0.4) is 0 Å². The molecule has 0 saturated carbocycles. The maximum absolute atomic E-state index is 12.2. The third-order valence-electron chi connectivity index (χ3n) is 3.66. The fourth-order valence-electron chi connectivity index (χ4n) is 2.71. The van der Waals surface area contributed by atoms with E-state index in [9.17, 15) is 14.7 Å². The highest BCUT2D eigenvalue weighted by molar-refractivity contribution is 5.86. The van der Waals surface area contributed by atoms with E-state index in [1.165, 1.54) is 0 Å². The van der Waals surface area contributed by atoms with Gasteiger partial charge < -0.3 is 20.0 Å². The maximum atomic E-state index is 12.2. The number of fused-ring (bicyclic) bond motifs is 2. The normalized spacial score (nSPS) is 30.4. The summed E-state index contributed by atoms with van der Waals surface area (Å²) in [5, 5.41) is 13.9. The molecule has 1 N–H and O–H groups in total. The van der Waals surface area contributed by atoms with Crippen LogP contribution in [-0.2, 0) is 20.9 Å². The second kappa shape index (κ2) is 5.05. The first-order valence-corrected chi connectivity index (χ1v) is 6.38. The lowest BCUT2D eigenvalue weighted by Gasteiger charge is -2.24. The summed E-state index contributed by atoms with van der Waals surface area (Å²) < 4.78 is 5.43. The van der Waals surface area contributed by atoms with Gasteiger partial charge in [-0.2, -0.15) is 0 Å². The smallest absolute Gasteiger partial charge is 0.227 e. The Morgan fingerprint density at radius 3 is 2.70 bits per heavy atom. The fraction of sp³-hybridized carbons (Fsp3) is 0.357. The number of aromatic nitrogens is 1. The number of pyridine rings is 1. The molecule has 6 nitrogen and oxygen atoms in total. The van der Waals surface area contributed by atoms with Crippen molar-refractivity contribution in [3.8, 4) is 0 Å². The Labute approximate surface area is 115 Å². The van der Waals surface area contributed by atoms with Crippen LogP contribution in [0.1, 0.15) is 5.56 Å². The topological polar surface area (TPSA) is 91.3 Å². The van der Waals surface area contributed by atoms with Crippen molar-refractivity contribution in [3.63, 3.8) is 0 Å². The zero-order valence-corrected chi connectivity index (χ0v) is 10.6. The maximum Gasteiger partial charge on any atom is 0.227 e. The monoisotopic (exact) mass is 273 g/mol. The summed E-state index contributed by atoms with van der Waals surface area (Å²) in [6.07, 6.45) is 5.67. The molecule has 2 bridgehead atoms. The number of amides is 1. The molecule has 2 aliphatic heterocycles. The van der Waals surface area contributed by atoms with Crippen molar-refractivity contribution in [1.29, 1.82) is 0 Å². The minimum atomic E-state index is -1.25. The number of carboxylic acid groups (broad SMARTS) is 1. The van der Waals surface area contributed by atoms with Crippen LogP contribution in [0.15, 0.2) is 36.7 Å². The molecule has 4 atom stereocenters. The minimum Gasteiger partial charge on any atom is -0.550 e. The van der Waals surface area contributed by atoms with Crippen molar-refractivity contribution in [2.75, 3.05) is 0 Å². The zero-order valence-electron chi connectivity index (χ0n) is 10.6. The van der Waals surface area contributed by atoms with E-state index >= 15 is 0 Å². The van der Waals surface area contributed by atoms with Gasteiger partial charge in [0.1, 0.15) is 0 Å². The van der Waals surface area contributed by atoms with Gasteiger partial charge in [0.2, 0.25) is 5.91 Å². The number of carbonyl (C=O) groups excluding carboxylic acids is 2. The van der Waals surface area contributed by atoms with Crippen LogP contribution >= 0.6 is 0 Å². The molecule has 2 aliphatic rings. The largest absolute Gasteiger partial charge is 0.550 e. The molecule has 0 aliphatic carbocycles. The number of carbonyl (C=O) groups is 2. The lowest BCUT2D eigenvalue weighted by Crippen LogP contribution is -2.46. The predicted molar refractivity (Wildman–Crippen MR) is 65.9 cm³/mol. The Balaban J connectivity index is 1.68. The molecule has 1 fully saturated rings. The van der Waals surface area contributed by atoms with Crippen molar-refractivity contribution < 1.29 is 19.4 Å². The molecule has 0 radical (unpaired) electrons. The minimum absolute atomic E-state index is 0.310. The number of nitrogens with one attached hydrogen (secondary N) is 1. The lowest BCUT2D eigenvalue weighted by atomic mass is 9.82. The lowest BCUT2D eigenvalue weighted by molar-refractivity contribution is -0.313. The van der Waals surface area contributed by atoms with Gasteiger partial charge in [0.25, 0.3) is 0 Å². The van der Waals surface area contributed by atoms with Crippen molar-refractivity contribution in [2.45, 2.75) is 18.8 Å². The molecule has 104 valence electrons. The van der Waals surface area contributed by atoms with Crippen LogP contribution in [0.2, 0.25) is 0 Å². The summed E-state index contributed by atoms with van der Waals surface area (Å²) in [5.41, 5.74) is 0.852. The number of rotatable bonds is 4. The molecule has 0 unspecified atom stereocenters. The van der Waals surface area contributed by atoms with E-state index in [0.29, 0.717) is 6.54 Å². The quantitative estimate of drug-likeness (QED) is 0.712. The van der Waals surface area contributed by atoms with E-state index < -0.39 is 30.0 Å². The Morgan fingerprint density at radius 2 is 2.05 bits per heavy atom. The molecule has 1 aromatic heterocycles. The van der Waals surface area contributed by atoms with Gasteiger partial charge in [-0.15, -0.1) is 0 Å². The SMILES string of the molecule is O=C([O-])[C@@H]1[C@H](C(=O)NCc2cccnc2)[C@@H]2C=C[C@H]1O2. The molecule has 3 heterocycles. The second-order valence-corrected chi connectivity index (χ2v) is 4.90. The van der Waals surface area contributed by atoms with E-state index in [1.54, 1.807) is 30.6 Å². The second-order valence-electron chi connectivity index (χ2n) is 4.90.